The molecule has 0 fully saturated rings. The maximum Gasteiger partial charge on any atom is 0.265 e. The molecule has 5 nitrogen and oxygen atoms in total. The lowest BCUT2D eigenvalue weighted by Gasteiger charge is -2.17. The third-order valence-corrected chi connectivity index (χ3v) is 3.31. The highest BCUT2D eigenvalue weighted by Crippen LogP contribution is 2.28. The van der Waals surface area contributed by atoms with Crippen molar-refractivity contribution in [2.45, 2.75) is 13.0 Å². The van der Waals surface area contributed by atoms with Crippen molar-refractivity contribution in [1.82, 2.24) is 0 Å². The third kappa shape index (κ3) is 3.83. The van der Waals surface area contributed by atoms with Crippen LogP contribution in [0.1, 0.15) is 6.92 Å². The van der Waals surface area contributed by atoms with Gasteiger partial charge in [-0.05, 0) is 31.2 Å². The summed E-state index contributed by atoms with van der Waals surface area (Å²) in [5.41, 5.74) is 6.76. The summed E-state index contributed by atoms with van der Waals surface area (Å²) in [5, 5.41) is 3.19. The predicted octanol–water partition coefficient (Wildman–Crippen LogP) is 3.34. The van der Waals surface area contributed by atoms with Crippen LogP contribution in [0.15, 0.2) is 42.5 Å². The molecule has 116 valence electrons. The Balaban J connectivity index is 2.07. The summed E-state index contributed by atoms with van der Waals surface area (Å²) >= 11 is 6.01. The van der Waals surface area contributed by atoms with Crippen molar-refractivity contribution in [3.63, 3.8) is 0 Å². The van der Waals surface area contributed by atoms with Crippen molar-refractivity contribution in [2.75, 3.05) is 18.2 Å². The Hall–Kier alpha value is -2.40. The minimum atomic E-state index is -0.720. The number of amides is 1. The van der Waals surface area contributed by atoms with Gasteiger partial charge in [-0.15, -0.1) is 0 Å². The Kier molecular flexibility index (Phi) is 5.12. The fourth-order valence-corrected chi connectivity index (χ4v) is 2.01. The topological polar surface area (TPSA) is 73.6 Å². The average Bonchev–Trinajstić information content (AvgIpc) is 2.51. The lowest BCUT2D eigenvalue weighted by Crippen LogP contribution is -2.30. The number of nitrogens with one attached hydrogen (secondary N) is 1. The molecule has 2 aromatic rings. The van der Waals surface area contributed by atoms with Gasteiger partial charge < -0.3 is 20.5 Å². The van der Waals surface area contributed by atoms with Gasteiger partial charge in [0.05, 0.1) is 17.8 Å². The summed E-state index contributed by atoms with van der Waals surface area (Å²) in [4.78, 5) is 12.2. The van der Waals surface area contributed by atoms with Crippen LogP contribution in [0.25, 0.3) is 0 Å². The molecule has 0 bridgehead atoms. The molecule has 1 unspecified atom stereocenters. The van der Waals surface area contributed by atoms with Gasteiger partial charge in [0, 0.05) is 11.8 Å². The normalized spacial score (nSPS) is 11.6. The van der Waals surface area contributed by atoms with Crippen LogP contribution in [0.5, 0.6) is 11.5 Å². The number of hydrogen-bond acceptors (Lipinski definition) is 4. The Morgan fingerprint density at radius 2 is 1.95 bits per heavy atom. The van der Waals surface area contributed by atoms with E-state index in [9.17, 15) is 4.79 Å². The molecule has 2 rings (SSSR count). The summed E-state index contributed by atoms with van der Waals surface area (Å²) in [5.74, 6) is 0.623. The number of nitrogens with two attached hydrogens (primary N) is 1. The van der Waals surface area contributed by atoms with Crippen molar-refractivity contribution in [2.24, 2.45) is 0 Å². The fraction of sp³-hybridized carbons (Fsp3) is 0.188. The van der Waals surface area contributed by atoms with Crippen molar-refractivity contribution in [3.05, 3.63) is 47.5 Å². The zero-order valence-corrected chi connectivity index (χ0v) is 13.1. The van der Waals surface area contributed by atoms with Crippen molar-refractivity contribution in [1.29, 1.82) is 0 Å². The van der Waals surface area contributed by atoms with E-state index >= 15 is 0 Å². The van der Waals surface area contributed by atoms with Crippen LogP contribution in [-0.4, -0.2) is 19.1 Å². The standard InChI is InChI=1S/C16H17ClN2O3/c1-10(22-14-6-4-3-5-12(14)17)16(20)19-13-8-7-11(18)9-15(13)21-2/h3-10H,18H2,1-2H3,(H,19,20). The second-order valence-electron chi connectivity index (χ2n) is 4.64. The number of carbonyl (C=O) groups excluding carboxylic acids is 1. The van der Waals surface area contributed by atoms with Gasteiger partial charge in [0.25, 0.3) is 5.91 Å². The van der Waals surface area contributed by atoms with Gasteiger partial charge in [0.15, 0.2) is 6.10 Å². The summed E-state index contributed by atoms with van der Waals surface area (Å²) in [7, 11) is 1.51. The predicted molar refractivity (Wildman–Crippen MR) is 87.6 cm³/mol. The largest absolute Gasteiger partial charge is 0.494 e. The van der Waals surface area contributed by atoms with E-state index < -0.39 is 6.10 Å². The molecule has 1 atom stereocenters. The first kappa shape index (κ1) is 16.0. The van der Waals surface area contributed by atoms with Gasteiger partial charge in [0.1, 0.15) is 11.5 Å². The van der Waals surface area contributed by atoms with Crippen LogP contribution in [-0.2, 0) is 4.79 Å². The van der Waals surface area contributed by atoms with Gasteiger partial charge in [-0.2, -0.15) is 0 Å². The summed E-state index contributed by atoms with van der Waals surface area (Å²) < 4.78 is 10.8. The molecule has 1 amide bonds. The SMILES string of the molecule is COc1cc(N)ccc1NC(=O)C(C)Oc1ccccc1Cl. The van der Waals surface area contributed by atoms with Crippen LogP contribution in [0.4, 0.5) is 11.4 Å². The molecular formula is C16H17ClN2O3. The Morgan fingerprint density at radius 3 is 2.64 bits per heavy atom. The number of halogens is 1. The molecule has 0 aromatic heterocycles. The smallest absolute Gasteiger partial charge is 0.265 e. The van der Waals surface area contributed by atoms with Crippen LogP contribution in [0.3, 0.4) is 0 Å². The molecule has 6 heteroatoms. The first-order valence-electron chi connectivity index (χ1n) is 6.67. The van der Waals surface area contributed by atoms with Crippen molar-refractivity contribution < 1.29 is 14.3 Å². The molecule has 0 heterocycles. The first-order chi connectivity index (χ1) is 10.5. The zero-order valence-electron chi connectivity index (χ0n) is 12.3. The van der Waals surface area contributed by atoms with Crippen LogP contribution in [0.2, 0.25) is 5.02 Å². The Bertz CT molecular complexity index is 676. The fourth-order valence-electron chi connectivity index (χ4n) is 1.83. The highest BCUT2D eigenvalue weighted by Gasteiger charge is 2.17. The quantitative estimate of drug-likeness (QED) is 0.829. The number of hydrogen-bond donors (Lipinski definition) is 2. The number of nitrogen functional groups attached to an aromatic ring is 1. The molecule has 2 aromatic carbocycles. The minimum Gasteiger partial charge on any atom is -0.494 e. The van der Waals surface area contributed by atoms with E-state index in [1.54, 1.807) is 49.4 Å². The first-order valence-corrected chi connectivity index (χ1v) is 7.04. The van der Waals surface area contributed by atoms with Crippen molar-refractivity contribution >= 4 is 28.9 Å². The van der Waals surface area contributed by atoms with E-state index in [0.717, 1.165) is 0 Å². The molecule has 3 N–H and O–H groups in total. The number of carbonyl (C=O) groups is 1. The Morgan fingerprint density at radius 1 is 1.23 bits per heavy atom. The summed E-state index contributed by atoms with van der Waals surface area (Å²) in [6.07, 6.45) is -0.720. The van der Waals surface area contributed by atoms with E-state index in [4.69, 9.17) is 26.8 Å². The van der Waals surface area contributed by atoms with Crippen molar-refractivity contribution in [3.8, 4) is 11.5 Å². The maximum absolute atomic E-state index is 12.2. The van der Waals surface area contributed by atoms with Gasteiger partial charge >= 0.3 is 0 Å². The number of ether oxygens (including phenoxy) is 2. The van der Waals surface area contributed by atoms with E-state index in [2.05, 4.69) is 5.32 Å². The minimum absolute atomic E-state index is 0.317. The number of rotatable bonds is 5. The molecule has 0 radical (unpaired) electrons. The molecule has 0 aliphatic rings. The second-order valence-corrected chi connectivity index (χ2v) is 5.05. The second kappa shape index (κ2) is 7.04. The molecule has 0 aliphatic carbocycles. The molecular weight excluding hydrogens is 304 g/mol. The van der Waals surface area contributed by atoms with E-state index in [-0.39, 0.29) is 5.91 Å². The lowest BCUT2D eigenvalue weighted by atomic mass is 10.2. The van der Waals surface area contributed by atoms with Gasteiger partial charge in [-0.1, -0.05) is 23.7 Å². The van der Waals surface area contributed by atoms with Gasteiger partial charge in [-0.25, -0.2) is 0 Å². The highest BCUT2D eigenvalue weighted by molar-refractivity contribution is 6.32. The highest BCUT2D eigenvalue weighted by atomic mass is 35.5. The monoisotopic (exact) mass is 320 g/mol. The zero-order chi connectivity index (χ0) is 16.1. The molecule has 0 spiro atoms. The Labute approximate surface area is 134 Å². The van der Waals surface area contributed by atoms with E-state index in [0.29, 0.717) is 27.9 Å². The molecule has 22 heavy (non-hydrogen) atoms. The molecule has 0 aliphatic heterocycles. The van der Waals surface area contributed by atoms with Gasteiger partial charge in [0.2, 0.25) is 0 Å². The summed E-state index contributed by atoms with van der Waals surface area (Å²) in [6.45, 7) is 1.64. The molecule has 0 saturated heterocycles. The van der Waals surface area contributed by atoms with Crippen LogP contribution < -0.4 is 20.5 Å². The van der Waals surface area contributed by atoms with E-state index in [1.807, 2.05) is 0 Å². The van der Waals surface area contributed by atoms with Gasteiger partial charge in [-0.3, -0.25) is 4.79 Å². The lowest BCUT2D eigenvalue weighted by molar-refractivity contribution is -0.122. The van der Waals surface area contributed by atoms with E-state index in [1.165, 1.54) is 7.11 Å². The number of anilines is 2. The average molecular weight is 321 g/mol. The molecule has 0 saturated carbocycles. The third-order valence-electron chi connectivity index (χ3n) is 2.99. The number of benzene rings is 2. The van der Waals surface area contributed by atoms with Crippen LogP contribution in [0, 0.1) is 0 Å². The van der Waals surface area contributed by atoms with Crippen LogP contribution >= 0.6 is 11.6 Å². The maximum atomic E-state index is 12.2. The number of methoxy groups -OCH3 is 1. The number of para-hydroxylation sites is 1. The summed E-state index contributed by atoms with van der Waals surface area (Å²) in [6, 6.07) is 12.0.